The molecule has 3 aromatic rings. The van der Waals surface area contributed by atoms with Gasteiger partial charge in [-0.05, 0) is 34.8 Å². The van der Waals surface area contributed by atoms with Gasteiger partial charge in [-0.15, -0.1) is 16.5 Å². The summed E-state index contributed by atoms with van der Waals surface area (Å²) in [7, 11) is 2.14. The summed E-state index contributed by atoms with van der Waals surface area (Å²) < 4.78 is 3.51. The molecule has 3 rings (SSSR count). The number of hydrogen-bond donors (Lipinski definition) is 0. The Labute approximate surface area is 171 Å². The number of nitrogens with zero attached hydrogens (tertiary/aromatic N) is 1. The molecule has 0 bridgehead atoms. The zero-order chi connectivity index (χ0) is 12.3. The molecular weight excluding hydrogens is 472 g/mol. The summed E-state index contributed by atoms with van der Waals surface area (Å²) >= 11 is 3.78. The molecule has 21 heavy (non-hydrogen) atoms. The van der Waals surface area contributed by atoms with E-state index in [-0.39, 0.29) is 63.4 Å². The van der Waals surface area contributed by atoms with E-state index in [1.54, 1.807) is 0 Å². The second kappa shape index (κ2) is 8.45. The van der Waals surface area contributed by atoms with E-state index in [4.69, 9.17) is 0 Å². The van der Waals surface area contributed by atoms with Crippen molar-refractivity contribution in [1.29, 1.82) is 0 Å². The average molecular weight is 487 g/mol. The summed E-state index contributed by atoms with van der Waals surface area (Å²) in [5, 5.41) is 3.99. The van der Waals surface area contributed by atoms with Crippen molar-refractivity contribution in [3.05, 3.63) is 39.5 Å². The van der Waals surface area contributed by atoms with Crippen molar-refractivity contribution < 1.29 is 63.4 Å². The molecule has 2 aromatic carbocycles. The molecule has 0 aliphatic heterocycles. The van der Waals surface area contributed by atoms with Gasteiger partial charge in [-0.25, -0.2) is 0 Å². The Hall–Kier alpha value is 0.603. The smallest absolute Gasteiger partial charge is 1.00 e. The largest absolute Gasteiger partial charge is 4.00 e. The Bertz CT molecular complexity index is 762. The molecule has 0 fully saturated rings. The van der Waals surface area contributed by atoms with Gasteiger partial charge in [0.05, 0.1) is 0 Å². The fourth-order valence-corrected chi connectivity index (χ4v) is 3.53. The SMILES string of the molecule is Cc1cc2cc3c(c(Br)c2c1)c(C)[c-](C)n3C.[Cl-].[Cl-].[Cl-].[Zr+4]. The molecule has 1 nitrogen and oxygen atoms in total. The van der Waals surface area contributed by atoms with Crippen LogP contribution in [0.25, 0.3) is 21.7 Å². The Morgan fingerprint density at radius 1 is 1.05 bits per heavy atom. The molecule has 0 aliphatic carbocycles. The summed E-state index contributed by atoms with van der Waals surface area (Å²) in [6.45, 7) is 6.52. The molecular formula is C15H15BrCl3NZr. The maximum atomic E-state index is 3.78. The fraction of sp³-hybridized carbons (Fsp3) is 0.267. The number of benzene rings is 1. The predicted molar refractivity (Wildman–Crippen MR) is 77.9 cm³/mol. The second-order valence-electron chi connectivity index (χ2n) is 4.89. The first-order chi connectivity index (χ1) is 8.00. The van der Waals surface area contributed by atoms with E-state index in [1.165, 1.54) is 43.0 Å². The molecule has 1 aromatic heterocycles. The molecule has 0 radical (unpaired) electrons. The minimum atomic E-state index is 0. The van der Waals surface area contributed by atoms with Crippen molar-refractivity contribution >= 4 is 37.6 Å². The molecule has 112 valence electrons. The molecule has 1 heterocycles. The van der Waals surface area contributed by atoms with Crippen LogP contribution in [-0.2, 0) is 33.3 Å². The van der Waals surface area contributed by atoms with Gasteiger partial charge >= 0.3 is 26.2 Å². The van der Waals surface area contributed by atoms with E-state index >= 15 is 0 Å². The van der Waals surface area contributed by atoms with Crippen LogP contribution in [0.1, 0.15) is 16.8 Å². The third-order valence-corrected chi connectivity index (χ3v) is 4.68. The topological polar surface area (TPSA) is 4.93 Å². The summed E-state index contributed by atoms with van der Waals surface area (Å²) in [6.07, 6.45) is 0. The summed E-state index contributed by atoms with van der Waals surface area (Å²) in [5.74, 6) is 0. The molecule has 0 atom stereocenters. The van der Waals surface area contributed by atoms with Crippen molar-refractivity contribution in [3.63, 3.8) is 0 Å². The molecule has 0 spiro atoms. The Balaban J connectivity index is 0. The van der Waals surface area contributed by atoms with Crippen LogP contribution in [0.2, 0.25) is 0 Å². The van der Waals surface area contributed by atoms with E-state index in [2.05, 4.69) is 66.5 Å². The summed E-state index contributed by atoms with van der Waals surface area (Å²) in [6, 6.07) is 6.79. The van der Waals surface area contributed by atoms with Gasteiger partial charge in [-0.2, -0.15) is 0 Å². The van der Waals surface area contributed by atoms with Crippen LogP contribution in [0, 0.1) is 20.8 Å². The summed E-state index contributed by atoms with van der Waals surface area (Å²) in [4.78, 5) is 0. The molecule has 0 saturated heterocycles. The number of halogens is 4. The van der Waals surface area contributed by atoms with Crippen molar-refractivity contribution in [2.45, 2.75) is 20.8 Å². The number of hydrogen-bond acceptors (Lipinski definition) is 0. The van der Waals surface area contributed by atoms with Crippen molar-refractivity contribution in [3.8, 4) is 0 Å². The van der Waals surface area contributed by atoms with Crippen LogP contribution in [0.15, 0.2) is 22.7 Å². The zero-order valence-corrected chi connectivity index (χ0v) is 18.5. The van der Waals surface area contributed by atoms with Crippen molar-refractivity contribution in [1.82, 2.24) is 4.57 Å². The number of fused-ring (bicyclic) bond motifs is 2. The molecule has 0 unspecified atom stereocenters. The van der Waals surface area contributed by atoms with Gasteiger partial charge in [0, 0.05) is 0 Å². The minimum absolute atomic E-state index is 0. The molecule has 0 aliphatic rings. The number of aromatic nitrogens is 1. The fourth-order valence-electron chi connectivity index (χ4n) is 2.69. The maximum Gasteiger partial charge on any atom is 4.00 e. The zero-order valence-electron chi connectivity index (χ0n) is 12.2. The first kappa shape index (κ1) is 23.9. The minimum Gasteiger partial charge on any atom is -1.00 e. The van der Waals surface area contributed by atoms with E-state index in [0.29, 0.717) is 0 Å². The first-order valence-electron chi connectivity index (χ1n) is 5.82. The normalized spacial score (nSPS) is 9.57. The average Bonchev–Trinajstić information content (AvgIpc) is 2.75. The summed E-state index contributed by atoms with van der Waals surface area (Å²) in [5.41, 5.74) is 5.34. The van der Waals surface area contributed by atoms with Crippen LogP contribution in [-0.4, -0.2) is 4.57 Å². The first-order valence-corrected chi connectivity index (χ1v) is 6.61. The van der Waals surface area contributed by atoms with Crippen LogP contribution >= 0.6 is 15.9 Å². The van der Waals surface area contributed by atoms with E-state index in [1.807, 2.05) is 0 Å². The van der Waals surface area contributed by atoms with Crippen molar-refractivity contribution in [2.24, 2.45) is 7.05 Å². The molecule has 0 amide bonds. The predicted octanol–water partition coefficient (Wildman–Crippen LogP) is -4.25. The van der Waals surface area contributed by atoms with E-state index in [0.717, 1.165) is 0 Å². The van der Waals surface area contributed by atoms with Crippen LogP contribution < -0.4 is 37.2 Å². The molecule has 0 N–H and O–H groups in total. The van der Waals surface area contributed by atoms with Gasteiger partial charge < -0.3 is 41.8 Å². The van der Waals surface area contributed by atoms with Gasteiger partial charge in [0.2, 0.25) is 0 Å². The van der Waals surface area contributed by atoms with Crippen LogP contribution in [0.4, 0.5) is 0 Å². The number of rotatable bonds is 0. The van der Waals surface area contributed by atoms with Gasteiger partial charge in [-0.1, -0.05) is 53.7 Å². The third-order valence-electron chi connectivity index (χ3n) is 3.85. The quantitative estimate of drug-likeness (QED) is 0.284. The number of aryl methyl sites for hydroxylation is 3. The van der Waals surface area contributed by atoms with Gasteiger partial charge in [0.15, 0.2) is 0 Å². The van der Waals surface area contributed by atoms with E-state index < -0.39 is 0 Å². The maximum absolute atomic E-state index is 3.78. The van der Waals surface area contributed by atoms with Gasteiger partial charge in [-0.3, -0.25) is 0 Å². The molecule has 6 heteroatoms. The monoisotopic (exact) mass is 483 g/mol. The Morgan fingerprint density at radius 3 is 2.19 bits per heavy atom. The second-order valence-corrected chi connectivity index (χ2v) is 5.68. The third kappa shape index (κ3) is 3.58. The van der Waals surface area contributed by atoms with Crippen LogP contribution in [0.5, 0.6) is 0 Å². The Kier molecular flexibility index (Phi) is 9.61. The standard InChI is InChI=1S/C15H15BrN.3ClH.Zr/c1-8-5-11-7-13-14(15(16)12(11)6-8)9(2)10(3)17(13)4;;;;/h5-7H,1-4H3;3*1H;/q-1;;;;+4/p-3. The van der Waals surface area contributed by atoms with Crippen molar-refractivity contribution in [2.75, 3.05) is 0 Å². The molecule has 0 saturated carbocycles. The Morgan fingerprint density at radius 2 is 1.62 bits per heavy atom. The van der Waals surface area contributed by atoms with Crippen LogP contribution in [0.3, 0.4) is 0 Å². The van der Waals surface area contributed by atoms with Gasteiger partial charge in [0.1, 0.15) is 0 Å². The van der Waals surface area contributed by atoms with Gasteiger partial charge in [0.25, 0.3) is 0 Å². The van der Waals surface area contributed by atoms with E-state index in [9.17, 15) is 0 Å².